The molecule has 0 spiro atoms. The molecule has 0 fully saturated rings. The van der Waals surface area contributed by atoms with Crippen molar-refractivity contribution in [3.8, 4) is 0 Å². The van der Waals surface area contributed by atoms with Gasteiger partial charge in [0, 0.05) is 17.8 Å². The van der Waals surface area contributed by atoms with E-state index in [1.54, 1.807) is 4.90 Å². The van der Waals surface area contributed by atoms with Gasteiger partial charge >= 0.3 is 18.5 Å². The van der Waals surface area contributed by atoms with E-state index >= 15 is 0 Å². The Balaban J connectivity index is 1.59. The summed E-state index contributed by atoms with van der Waals surface area (Å²) in [4.78, 5) is 26.9. The molecule has 1 aromatic carbocycles. The number of carbonyl (C=O) groups is 1. The van der Waals surface area contributed by atoms with Crippen LogP contribution in [0.25, 0.3) is 4.85 Å². The van der Waals surface area contributed by atoms with E-state index in [0.717, 1.165) is 18.5 Å². The monoisotopic (exact) mass is 595 g/mol. The summed E-state index contributed by atoms with van der Waals surface area (Å²) in [5.74, 6) is -1.60. The number of rotatable bonds is 5. The number of alkyl halides is 9. The molecule has 1 aliphatic rings. The third-order valence-corrected chi connectivity index (χ3v) is 6.52. The number of carbonyl (C=O) groups excluding carboxylic acids is 1. The molecule has 2 N–H and O–H groups in total. The standard InChI is InChI=1S/C22H14F9N7OS/c1-32-13-3-2-10(6-12(13)21(26,27)28)38-5-4-11-14(7-38)34-9-35-17(11)37-19-36-16(22(29,30)31)15(40-19)18(39)33-8-20(23,24)25/h2-3,6,9H,4-5,7-8H2,(H,33,39)(H,34,35,36,37). The maximum Gasteiger partial charge on any atom is 0.435 e. The van der Waals surface area contributed by atoms with Crippen LogP contribution in [0, 0.1) is 6.57 Å². The number of amides is 1. The summed E-state index contributed by atoms with van der Waals surface area (Å²) in [6, 6.07) is 3.25. The molecule has 212 valence electrons. The van der Waals surface area contributed by atoms with Crippen LogP contribution in [0.2, 0.25) is 0 Å². The zero-order valence-corrected chi connectivity index (χ0v) is 20.4. The van der Waals surface area contributed by atoms with E-state index in [4.69, 9.17) is 6.57 Å². The van der Waals surface area contributed by atoms with E-state index < -0.39 is 57.9 Å². The van der Waals surface area contributed by atoms with Crippen molar-refractivity contribution in [1.29, 1.82) is 0 Å². The third-order valence-electron chi connectivity index (χ3n) is 5.55. The van der Waals surface area contributed by atoms with Crippen molar-refractivity contribution in [3.63, 3.8) is 0 Å². The quantitative estimate of drug-likeness (QED) is 0.273. The molecule has 0 atom stereocenters. The molecule has 2 aromatic heterocycles. The van der Waals surface area contributed by atoms with Crippen molar-refractivity contribution < 1.29 is 44.3 Å². The second kappa shape index (κ2) is 10.4. The van der Waals surface area contributed by atoms with Gasteiger partial charge in [0.1, 0.15) is 23.6 Å². The lowest BCUT2D eigenvalue weighted by Crippen LogP contribution is -2.34. The van der Waals surface area contributed by atoms with Gasteiger partial charge in [-0.2, -0.15) is 39.5 Å². The van der Waals surface area contributed by atoms with Gasteiger partial charge in [0.2, 0.25) is 0 Å². The first-order valence-corrected chi connectivity index (χ1v) is 11.7. The Kier molecular flexibility index (Phi) is 7.53. The van der Waals surface area contributed by atoms with Gasteiger partial charge in [-0.05, 0) is 18.6 Å². The normalized spacial score (nSPS) is 13.9. The average molecular weight is 595 g/mol. The largest absolute Gasteiger partial charge is 0.435 e. The minimum Gasteiger partial charge on any atom is -0.365 e. The molecule has 3 heterocycles. The van der Waals surface area contributed by atoms with Crippen molar-refractivity contribution >= 4 is 39.6 Å². The predicted molar refractivity (Wildman–Crippen MR) is 123 cm³/mol. The number of nitrogens with zero attached hydrogens (tertiary/aromatic N) is 5. The number of nitrogens with one attached hydrogen (secondary N) is 2. The SMILES string of the molecule is [C-]#[N+]c1ccc(N2CCc3c(ncnc3Nc3nc(C(F)(F)F)c(C(=O)NCC(F)(F)F)s3)C2)cc1C(F)(F)F. The zero-order chi connectivity index (χ0) is 29.5. The van der Waals surface area contributed by atoms with Crippen molar-refractivity contribution in [2.75, 3.05) is 23.3 Å². The van der Waals surface area contributed by atoms with Gasteiger partial charge in [-0.15, -0.1) is 0 Å². The second-order valence-electron chi connectivity index (χ2n) is 8.25. The van der Waals surface area contributed by atoms with Crippen LogP contribution in [0.3, 0.4) is 0 Å². The number of thiazole rings is 1. The van der Waals surface area contributed by atoms with Crippen molar-refractivity contribution in [1.82, 2.24) is 20.3 Å². The average Bonchev–Trinajstić information content (AvgIpc) is 3.30. The number of hydrogen-bond acceptors (Lipinski definition) is 7. The molecule has 18 heteroatoms. The van der Waals surface area contributed by atoms with Crippen LogP contribution in [0.15, 0.2) is 24.5 Å². The van der Waals surface area contributed by atoms with Gasteiger partial charge in [0.25, 0.3) is 5.91 Å². The molecule has 0 unspecified atom stereocenters. The molecule has 0 radical (unpaired) electrons. The Morgan fingerprint density at radius 3 is 2.42 bits per heavy atom. The first-order chi connectivity index (χ1) is 18.6. The summed E-state index contributed by atoms with van der Waals surface area (Å²) in [6.45, 7) is 5.27. The molecule has 0 aliphatic carbocycles. The number of aromatic nitrogens is 3. The molecule has 3 aromatic rings. The molecule has 4 rings (SSSR count). The lowest BCUT2D eigenvalue weighted by atomic mass is 10.0. The van der Waals surface area contributed by atoms with E-state index in [2.05, 4.69) is 25.1 Å². The molecule has 0 bridgehead atoms. The van der Waals surface area contributed by atoms with Gasteiger partial charge < -0.3 is 15.5 Å². The van der Waals surface area contributed by atoms with Crippen molar-refractivity contribution in [3.05, 3.63) is 63.3 Å². The highest BCUT2D eigenvalue weighted by molar-refractivity contribution is 7.17. The lowest BCUT2D eigenvalue weighted by Gasteiger charge is -2.31. The van der Waals surface area contributed by atoms with Crippen molar-refractivity contribution in [2.45, 2.75) is 31.5 Å². The topological polar surface area (TPSA) is 87.4 Å². The molecule has 1 aliphatic heterocycles. The van der Waals surface area contributed by atoms with Crippen LogP contribution < -0.4 is 15.5 Å². The number of hydrogen-bond donors (Lipinski definition) is 2. The first kappa shape index (κ1) is 28.9. The summed E-state index contributed by atoms with van der Waals surface area (Å²) in [5, 5.41) is 3.45. The molecular formula is C22H14F9N7OS. The minimum atomic E-state index is -5.15. The Bertz CT molecular complexity index is 1480. The van der Waals surface area contributed by atoms with Gasteiger partial charge in [0.05, 0.1) is 24.4 Å². The van der Waals surface area contributed by atoms with Crippen LogP contribution >= 0.6 is 11.3 Å². The number of fused-ring (bicyclic) bond motifs is 1. The Hall–Kier alpha value is -4.14. The molecule has 8 nitrogen and oxygen atoms in total. The lowest BCUT2D eigenvalue weighted by molar-refractivity contribution is -0.141. The second-order valence-corrected chi connectivity index (χ2v) is 9.25. The van der Waals surface area contributed by atoms with E-state index in [-0.39, 0.29) is 42.4 Å². The Labute approximate surface area is 222 Å². The van der Waals surface area contributed by atoms with E-state index in [1.165, 1.54) is 11.4 Å². The zero-order valence-electron chi connectivity index (χ0n) is 19.6. The summed E-state index contributed by atoms with van der Waals surface area (Å²) >= 11 is 0.172. The fourth-order valence-electron chi connectivity index (χ4n) is 3.81. The van der Waals surface area contributed by atoms with Gasteiger partial charge in [-0.3, -0.25) is 4.79 Å². The van der Waals surface area contributed by atoms with E-state index in [9.17, 15) is 44.3 Å². The van der Waals surface area contributed by atoms with E-state index in [0.29, 0.717) is 11.3 Å². The van der Waals surface area contributed by atoms with Crippen LogP contribution in [-0.4, -0.2) is 40.1 Å². The first-order valence-electron chi connectivity index (χ1n) is 10.9. The molecule has 0 saturated heterocycles. The number of halogens is 9. The summed E-state index contributed by atoms with van der Waals surface area (Å²) < 4.78 is 118. The fourth-order valence-corrected chi connectivity index (χ4v) is 4.71. The third kappa shape index (κ3) is 6.35. The smallest absolute Gasteiger partial charge is 0.365 e. The molecular weight excluding hydrogens is 581 g/mol. The molecule has 0 saturated carbocycles. The van der Waals surface area contributed by atoms with Crippen molar-refractivity contribution in [2.24, 2.45) is 0 Å². The highest BCUT2D eigenvalue weighted by atomic mass is 32.1. The van der Waals surface area contributed by atoms with Crippen LogP contribution in [-0.2, 0) is 25.3 Å². The van der Waals surface area contributed by atoms with Crippen LogP contribution in [0.4, 0.5) is 61.8 Å². The highest BCUT2D eigenvalue weighted by Gasteiger charge is 2.41. The van der Waals surface area contributed by atoms with Gasteiger partial charge in [-0.25, -0.2) is 19.8 Å². The summed E-state index contributed by atoms with van der Waals surface area (Å²) in [5.41, 5.74) is -2.42. The van der Waals surface area contributed by atoms with Crippen LogP contribution in [0.5, 0.6) is 0 Å². The maximum atomic E-state index is 13.5. The molecule has 40 heavy (non-hydrogen) atoms. The fraction of sp³-hybridized carbons (Fsp3) is 0.318. The Morgan fingerprint density at radius 1 is 1.07 bits per heavy atom. The van der Waals surface area contributed by atoms with Gasteiger partial charge in [0.15, 0.2) is 16.5 Å². The molecule has 1 amide bonds. The van der Waals surface area contributed by atoms with E-state index in [1.807, 2.05) is 0 Å². The van der Waals surface area contributed by atoms with Gasteiger partial charge in [-0.1, -0.05) is 17.4 Å². The van der Waals surface area contributed by atoms with Crippen LogP contribution in [0.1, 0.15) is 32.2 Å². The Morgan fingerprint density at radius 2 is 1.80 bits per heavy atom. The number of benzene rings is 1. The number of anilines is 3. The predicted octanol–water partition coefficient (Wildman–Crippen LogP) is 6.12. The summed E-state index contributed by atoms with van der Waals surface area (Å²) in [7, 11) is 0. The highest BCUT2D eigenvalue weighted by Crippen LogP contribution is 2.40. The maximum absolute atomic E-state index is 13.5. The minimum absolute atomic E-state index is 0.00202. The summed E-state index contributed by atoms with van der Waals surface area (Å²) in [6.07, 6.45) is -13.6.